The molecule has 8 heteroatoms. The minimum Gasteiger partial charge on any atom is -0.425 e. The van der Waals surface area contributed by atoms with E-state index in [9.17, 15) is 13.6 Å². The molecule has 0 amide bonds. The Kier molecular flexibility index (Phi) is 5.61. The highest BCUT2D eigenvalue weighted by Crippen LogP contribution is 2.45. The molecule has 27 heavy (non-hydrogen) atoms. The fourth-order valence-electron chi connectivity index (χ4n) is 2.83. The van der Waals surface area contributed by atoms with E-state index in [0.717, 1.165) is 12.0 Å². The van der Waals surface area contributed by atoms with Crippen LogP contribution >= 0.6 is 12.0 Å². The molecule has 0 saturated heterocycles. The molecule has 0 aliphatic carbocycles. The van der Waals surface area contributed by atoms with Crippen LogP contribution in [0.3, 0.4) is 0 Å². The van der Waals surface area contributed by atoms with Crippen LogP contribution in [0.2, 0.25) is 0 Å². The predicted molar refractivity (Wildman–Crippen MR) is 95.1 cm³/mol. The largest absolute Gasteiger partial charge is 0.425 e. The summed E-state index contributed by atoms with van der Waals surface area (Å²) in [5, 5.41) is 0. The minimum atomic E-state index is -1.49. The van der Waals surface area contributed by atoms with Gasteiger partial charge in [-0.2, -0.15) is 4.33 Å². The van der Waals surface area contributed by atoms with E-state index >= 15 is 0 Å². The Labute approximate surface area is 159 Å². The third kappa shape index (κ3) is 3.74. The van der Waals surface area contributed by atoms with Crippen LogP contribution in [0.4, 0.5) is 8.78 Å². The highest BCUT2D eigenvalue weighted by Gasteiger charge is 2.46. The minimum absolute atomic E-state index is 0.117. The quantitative estimate of drug-likeness (QED) is 0.314. The monoisotopic (exact) mass is 394 g/mol. The van der Waals surface area contributed by atoms with Crippen LogP contribution < -0.4 is 0 Å². The molecule has 1 atom stereocenters. The van der Waals surface area contributed by atoms with Crippen molar-refractivity contribution < 1.29 is 32.3 Å². The summed E-state index contributed by atoms with van der Waals surface area (Å²) in [7, 11) is 2.69. The number of hydrogen-bond donors (Lipinski definition) is 0. The molecule has 3 rings (SSSR count). The molecule has 0 saturated carbocycles. The summed E-state index contributed by atoms with van der Waals surface area (Å²) in [6.07, 6.45) is 0. The van der Waals surface area contributed by atoms with Crippen LogP contribution in [0.25, 0.3) is 11.1 Å². The summed E-state index contributed by atoms with van der Waals surface area (Å²) in [5.41, 5.74) is 0.874. The molecule has 1 aliphatic heterocycles. The van der Waals surface area contributed by atoms with E-state index in [4.69, 9.17) is 13.8 Å². The lowest BCUT2D eigenvalue weighted by atomic mass is 9.91. The Balaban J connectivity index is 2.17. The fraction of sp³-hybridized carbons (Fsp3) is 0.211. The Morgan fingerprint density at radius 2 is 1.78 bits per heavy atom. The first-order valence-corrected chi connectivity index (χ1v) is 8.60. The first-order chi connectivity index (χ1) is 12.9. The van der Waals surface area contributed by atoms with Gasteiger partial charge in [0, 0.05) is 30.1 Å². The number of methoxy groups -OCH3 is 1. The number of cyclic esters (lactones) is 1. The van der Waals surface area contributed by atoms with Crippen molar-refractivity contribution in [3.63, 3.8) is 0 Å². The summed E-state index contributed by atoms with van der Waals surface area (Å²) in [6.45, 7) is 1.52. The Morgan fingerprint density at radius 3 is 2.37 bits per heavy atom. The molecule has 142 valence electrons. The number of esters is 1. The number of benzene rings is 2. The van der Waals surface area contributed by atoms with E-state index in [1.165, 1.54) is 57.5 Å². The molecule has 1 aliphatic rings. The highest BCUT2D eigenvalue weighted by molar-refractivity contribution is 7.94. The number of ether oxygens (including phenoxy) is 2. The Bertz CT molecular complexity index is 897. The second kappa shape index (κ2) is 7.77. The fourth-order valence-corrected chi connectivity index (χ4v) is 3.26. The van der Waals surface area contributed by atoms with Crippen molar-refractivity contribution in [3.05, 3.63) is 65.2 Å². The normalized spacial score (nSPS) is 19.5. The van der Waals surface area contributed by atoms with Gasteiger partial charge >= 0.3 is 5.97 Å². The van der Waals surface area contributed by atoms with Crippen molar-refractivity contribution in [2.75, 3.05) is 14.2 Å². The second-order valence-corrected chi connectivity index (χ2v) is 6.53. The molecule has 0 spiro atoms. The maximum Gasteiger partial charge on any atom is 0.342 e. The lowest BCUT2D eigenvalue weighted by Gasteiger charge is -2.25. The molecule has 5 nitrogen and oxygen atoms in total. The van der Waals surface area contributed by atoms with Crippen molar-refractivity contribution in [1.29, 1.82) is 0 Å². The molecular formula is C19H16F2O5S. The number of hydrogen-bond acceptors (Lipinski definition) is 6. The average Bonchev–Trinajstić information content (AvgIpc) is 2.92. The van der Waals surface area contributed by atoms with Gasteiger partial charge < -0.3 is 9.47 Å². The van der Waals surface area contributed by atoms with E-state index < -0.39 is 23.4 Å². The Hall–Kier alpha value is -2.26. The summed E-state index contributed by atoms with van der Waals surface area (Å²) in [4.78, 5) is 17.5. The summed E-state index contributed by atoms with van der Waals surface area (Å²) < 4.78 is 43.6. The van der Waals surface area contributed by atoms with E-state index in [1.54, 1.807) is 6.07 Å². The van der Waals surface area contributed by atoms with Crippen molar-refractivity contribution in [3.8, 4) is 0 Å². The van der Waals surface area contributed by atoms with Gasteiger partial charge in [-0.3, -0.25) is 0 Å². The van der Waals surface area contributed by atoms with E-state index in [-0.39, 0.29) is 16.7 Å². The van der Waals surface area contributed by atoms with Crippen LogP contribution in [0.1, 0.15) is 18.1 Å². The molecule has 1 heterocycles. The van der Waals surface area contributed by atoms with Gasteiger partial charge in [-0.05, 0) is 29.8 Å². The van der Waals surface area contributed by atoms with Gasteiger partial charge in [-0.25, -0.2) is 18.5 Å². The molecule has 0 fully saturated rings. The third-order valence-corrected chi connectivity index (χ3v) is 4.78. The highest BCUT2D eigenvalue weighted by atomic mass is 32.2. The van der Waals surface area contributed by atoms with Crippen molar-refractivity contribution in [2.45, 2.75) is 17.6 Å². The van der Waals surface area contributed by atoms with Crippen molar-refractivity contribution in [2.24, 2.45) is 0 Å². The van der Waals surface area contributed by atoms with Crippen molar-refractivity contribution in [1.82, 2.24) is 0 Å². The van der Waals surface area contributed by atoms with Crippen LogP contribution in [0, 0.1) is 11.6 Å². The maximum absolute atomic E-state index is 14.9. The zero-order valence-corrected chi connectivity index (χ0v) is 15.6. The van der Waals surface area contributed by atoms with Gasteiger partial charge in [-0.15, -0.1) is 0 Å². The van der Waals surface area contributed by atoms with Gasteiger partial charge in [0.1, 0.15) is 11.6 Å². The number of carbonyl (C=O) groups is 1. The third-order valence-electron chi connectivity index (χ3n) is 4.13. The summed E-state index contributed by atoms with van der Waals surface area (Å²) in [5.74, 6) is -3.22. The molecule has 2 aromatic rings. The second-order valence-electron chi connectivity index (χ2n) is 5.76. The molecule has 1 unspecified atom stereocenters. The molecule has 2 aromatic carbocycles. The van der Waals surface area contributed by atoms with Crippen LogP contribution in [-0.4, -0.2) is 26.0 Å². The zero-order chi connectivity index (χ0) is 19.6. The number of carbonyl (C=O) groups excluding carboxylic acids is 1. The molecule has 0 N–H and O–H groups in total. The van der Waals surface area contributed by atoms with Gasteiger partial charge in [0.25, 0.3) is 0 Å². The SMILES string of the molecule is COOSc1ccc(C2=C(c3ccc(F)cc3)C(=O)OC2(C)OC)c(F)c1. The van der Waals surface area contributed by atoms with E-state index in [0.29, 0.717) is 10.5 Å². The summed E-state index contributed by atoms with van der Waals surface area (Å²) in [6, 6.07) is 9.64. The standard InChI is InChI=1S/C19H16F2O5S/c1-19(23-2)17(14-9-8-13(10-15(14)21)27-26-24-3)16(18(22)25-19)11-4-6-12(20)7-5-11/h4-10H,1-3H3. The number of rotatable bonds is 6. The lowest BCUT2D eigenvalue weighted by molar-refractivity contribution is -0.178. The maximum atomic E-state index is 14.9. The molecular weight excluding hydrogens is 378 g/mol. The van der Waals surface area contributed by atoms with Crippen LogP contribution in [0.5, 0.6) is 0 Å². The van der Waals surface area contributed by atoms with Gasteiger partial charge in [0.2, 0.25) is 5.79 Å². The average molecular weight is 394 g/mol. The van der Waals surface area contributed by atoms with Crippen molar-refractivity contribution >= 4 is 29.2 Å². The lowest BCUT2D eigenvalue weighted by Crippen LogP contribution is -2.29. The first kappa shape index (κ1) is 19.5. The smallest absolute Gasteiger partial charge is 0.342 e. The molecule has 0 bridgehead atoms. The molecule has 0 aromatic heterocycles. The topological polar surface area (TPSA) is 54.0 Å². The Morgan fingerprint density at radius 1 is 1.07 bits per heavy atom. The van der Waals surface area contributed by atoms with Gasteiger partial charge in [-0.1, -0.05) is 18.2 Å². The van der Waals surface area contributed by atoms with Gasteiger partial charge in [0.05, 0.1) is 24.7 Å². The zero-order valence-electron chi connectivity index (χ0n) is 14.7. The number of halogens is 2. The first-order valence-electron chi connectivity index (χ1n) is 7.86. The summed E-state index contributed by atoms with van der Waals surface area (Å²) >= 11 is 0.841. The predicted octanol–water partition coefficient (Wildman–Crippen LogP) is 4.38. The molecule has 0 radical (unpaired) electrons. The van der Waals surface area contributed by atoms with E-state index in [2.05, 4.69) is 4.89 Å². The van der Waals surface area contributed by atoms with Crippen LogP contribution in [-0.2, 0) is 23.5 Å². The van der Waals surface area contributed by atoms with Crippen LogP contribution in [0.15, 0.2) is 47.4 Å². The van der Waals surface area contributed by atoms with E-state index in [1.807, 2.05) is 0 Å². The van der Waals surface area contributed by atoms with Gasteiger partial charge in [0.15, 0.2) is 0 Å².